The molecular weight excluding hydrogens is 357 g/mol. The van der Waals surface area contributed by atoms with Gasteiger partial charge < -0.3 is 10.2 Å². The molecule has 1 fully saturated rings. The van der Waals surface area contributed by atoms with Crippen LogP contribution in [0.2, 0.25) is 0 Å². The predicted molar refractivity (Wildman–Crippen MR) is 95.8 cm³/mol. The number of fused-ring (bicyclic) bond motifs is 1. The molecule has 6 nitrogen and oxygen atoms in total. The van der Waals surface area contributed by atoms with Crippen LogP contribution in [0.1, 0.15) is 24.2 Å². The predicted octanol–water partition coefficient (Wildman–Crippen LogP) is 3.53. The Morgan fingerprint density at radius 1 is 1.04 bits per heavy atom. The molecule has 1 aliphatic rings. The number of hydrogen-bond donors (Lipinski definition) is 1. The molecule has 0 amide bonds. The van der Waals surface area contributed by atoms with Crippen LogP contribution in [0.3, 0.4) is 0 Å². The number of para-hydroxylation sites is 1. The summed E-state index contributed by atoms with van der Waals surface area (Å²) in [5.74, 6) is -0.599. The summed E-state index contributed by atoms with van der Waals surface area (Å²) in [5.41, 5.74) is 2.40. The molecule has 0 atom stereocenters. The van der Waals surface area contributed by atoms with Crippen LogP contribution in [0.5, 0.6) is 0 Å². The largest absolute Gasteiger partial charge is 0.453 e. The molecule has 142 valence electrons. The number of alkyl halides is 3. The fourth-order valence-electron chi connectivity index (χ4n) is 3.33. The molecule has 0 aliphatic carbocycles. The van der Waals surface area contributed by atoms with E-state index in [1.807, 2.05) is 17.0 Å². The maximum Gasteiger partial charge on any atom is 0.453 e. The molecule has 2 aromatic heterocycles. The average molecular weight is 376 g/mol. The highest BCUT2D eigenvalue weighted by Gasteiger charge is 2.37. The monoisotopic (exact) mass is 376 g/mol. The van der Waals surface area contributed by atoms with E-state index in [1.165, 1.54) is 11.6 Å². The summed E-state index contributed by atoms with van der Waals surface area (Å²) in [6.45, 7) is 3.49. The minimum absolute atomic E-state index is 0.0854. The van der Waals surface area contributed by atoms with E-state index in [2.05, 4.69) is 39.7 Å². The van der Waals surface area contributed by atoms with Gasteiger partial charge in [-0.3, -0.25) is 0 Å². The summed E-state index contributed by atoms with van der Waals surface area (Å²) in [6.07, 6.45) is -2.83. The lowest BCUT2D eigenvalue weighted by Crippen LogP contribution is -2.39. The van der Waals surface area contributed by atoms with Crippen LogP contribution in [0.4, 0.5) is 24.7 Å². The maximum absolute atomic E-state index is 13.0. The molecule has 1 aromatic carbocycles. The molecule has 0 unspecified atom stereocenters. The molecule has 0 spiro atoms. The quantitative estimate of drug-likeness (QED) is 0.758. The van der Waals surface area contributed by atoms with Crippen LogP contribution in [-0.4, -0.2) is 38.9 Å². The molecular formula is C18H19F3N6. The summed E-state index contributed by atoms with van der Waals surface area (Å²) >= 11 is 0. The van der Waals surface area contributed by atoms with Crippen LogP contribution < -0.4 is 10.2 Å². The zero-order chi connectivity index (χ0) is 19.0. The van der Waals surface area contributed by atoms with E-state index in [4.69, 9.17) is 0 Å². The second-order valence-electron chi connectivity index (χ2n) is 6.70. The van der Waals surface area contributed by atoms with Crippen molar-refractivity contribution < 1.29 is 13.2 Å². The summed E-state index contributed by atoms with van der Waals surface area (Å²) in [7, 11) is 0. The van der Waals surface area contributed by atoms with Crippen molar-refractivity contribution in [3.63, 3.8) is 0 Å². The first kappa shape index (κ1) is 17.6. The highest BCUT2D eigenvalue weighted by atomic mass is 19.4. The first-order valence-corrected chi connectivity index (χ1v) is 8.78. The van der Waals surface area contributed by atoms with Crippen LogP contribution in [0.15, 0.2) is 36.4 Å². The lowest BCUT2D eigenvalue weighted by molar-refractivity contribution is -0.146. The van der Waals surface area contributed by atoms with Gasteiger partial charge in [-0.05, 0) is 43.5 Å². The molecule has 1 aliphatic heterocycles. The van der Waals surface area contributed by atoms with Crippen molar-refractivity contribution in [3.05, 3.63) is 47.8 Å². The van der Waals surface area contributed by atoms with E-state index < -0.39 is 12.0 Å². The van der Waals surface area contributed by atoms with Crippen molar-refractivity contribution in [2.75, 3.05) is 23.3 Å². The van der Waals surface area contributed by atoms with E-state index in [-0.39, 0.29) is 5.65 Å². The number of anilines is 2. The summed E-state index contributed by atoms with van der Waals surface area (Å²) in [4.78, 5) is 2.00. The third kappa shape index (κ3) is 3.54. The van der Waals surface area contributed by atoms with E-state index >= 15 is 0 Å². The first-order chi connectivity index (χ1) is 12.9. The smallest absolute Gasteiger partial charge is 0.382 e. The first-order valence-electron chi connectivity index (χ1n) is 8.78. The zero-order valence-corrected chi connectivity index (χ0v) is 14.7. The van der Waals surface area contributed by atoms with E-state index in [9.17, 15) is 13.2 Å². The van der Waals surface area contributed by atoms with Crippen LogP contribution in [0.25, 0.3) is 5.65 Å². The third-order valence-electron chi connectivity index (χ3n) is 4.83. The highest BCUT2D eigenvalue weighted by Crippen LogP contribution is 2.28. The van der Waals surface area contributed by atoms with Gasteiger partial charge in [-0.25, -0.2) is 0 Å². The second kappa shape index (κ2) is 6.71. The van der Waals surface area contributed by atoms with E-state index in [1.54, 1.807) is 6.07 Å². The minimum Gasteiger partial charge on any atom is -0.382 e. The minimum atomic E-state index is -4.59. The van der Waals surface area contributed by atoms with Gasteiger partial charge in [0.25, 0.3) is 5.82 Å². The lowest BCUT2D eigenvalue weighted by atomic mass is 10.0. The molecule has 0 bridgehead atoms. The molecule has 0 saturated carbocycles. The fraction of sp³-hybridized carbons (Fsp3) is 0.389. The zero-order valence-electron chi connectivity index (χ0n) is 14.7. The molecule has 0 radical (unpaired) electrons. The van der Waals surface area contributed by atoms with Crippen molar-refractivity contribution in [1.82, 2.24) is 19.8 Å². The van der Waals surface area contributed by atoms with Gasteiger partial charge in [0.15, 0.2) is 5.65 Å². The molecule has 3 aromatic rings. The Bertz CT molecular complexity index is 944. The molecule has 3 heterocycles. The van der Waals surface area contributed by atoms with Gasteiger partial charge in [0, 0.05) is 24.8 Å². The summed E-state index contributed by atoms with van der Waals surface area (Å²) in [6, 6.07) is 11.7. The van der Waals surface area contributed by atoms with Gasteiger partial charge in [0.05, 0.1) is 0 Å². The fourth-order valence-corrected chi connectivity index (χ4v) is 3.33. The van der Waals surface area contributed by atoms with Crippen molar-refractivity contribution in [2.24, 2.45) is 0 Å². The molecule has 27 heavy (non-hydrogen) atoms. The number of piperidine rings is 1. The second-order valence-corrected chi connectivity index (χ2v) is 6.70. The molecule has 4 rings (SSSR count). The van der Waals surface area contributed by atoms with Gasteiger partial charge in [0.2, 0.25) is 0 Å². The van der Waals surface area contributed by atoms with Crippen molar-refractivity contribution in [1.29, 1.82) is 0 Å². The number of benzene rings is 1. The highest BCUT2D eigenvalue weighted by molar-refractivity contribution is 5.51. The number of aryl methyl sites for hydroxylation is 1. The summed E-state index contributed by atoms with van der Waals surface area (Å²) < 4.78 is 39.9. The van der Waals surface area contributed by atoms with Gasteiger partial charge in [-0.2, -0.15) is 17.7 Å². The third-order valence-corrected chi connectivity index (χ3v) is 4.83. The molecule has 1 saturated heterocycles. The van der Waals surface area contributed by atoms with Crippen LogP contribution in [-0.2, 0) is 6.18 Å². The van der Waals surface area contributed by atoms with Gasteiger partial charge in [-0.15, -0.1) is 15.3 Å². The standard InChI is InChI=1S/C18H19F3N6/c1-12-4-2-3-5-14(12)22-13-8-10-26(11-9-13)16-7-6-15-23-24-17(18(19,20)21)27(15)25-16/h2-7,13,22H,8-11H2,1H3. The Hall–Kier alpha value is -2.84. The molecule has 1 N–H and O–H groups in total. The SMILES string of the molecule is Cc1ccccc1NC1CCN(c2ccc3nnc(C(F)(F)F)n3n2)CC1. The van der Waals surface area contributed by atoms with Gasteiger partial charge in [-0.1, -0.05) is 18.2 Å². The van der Waals surface area contributed by atoms with Crippen molar-refractivity contribution in [2.45, 2.75) is 32.0 Å². The normalized spacial score (nSPS) is 16.1. The maximum atomic E-state index is 13.0. The van der Waals surface area contributed by atoms with Gasteiger partial charge >= 0.3 is 6.18 Å². The average Bonchev–Trinajstić information content (AvgIpc) is 3.08. The number of halogens is 3. The Morgan fingerprint density at radius 3 is 2.48 bits per heavy atom. The Morgan fingerprint density at radius 2 is 1.78 bits per heavy atom. The number of hydrogen-bond acceptors (Lipinski definition) is 5. The Balaban J connectivity index is 1.47. The van der Waals surface area contributed by atoms with Gasteiger partial charge in [0.1, 0.15) is 5.82 Å². The Kier molecular flexibility index (Phi) is 4.37. The van der Waals surface area contributed by atoms with Crippen molar-refractivity contribution in [3.8, 4) is 0 Å². The molecule has 9 heteroatoms. The number of aromatic nitrogens is 4. The Labute approximate surface area is 154 Å². The van der Waals surface area contributed by atoms with E-state index in [0.717, 1.165) is 23.0 Å². The summed E-state index contributed by atoms with van der Waals surface area (Å²) in [5, 5.41) is 14.4. The lowest BCUT2D eigenvalue weighted by Gasteiger charge is -2.33. The number of nitrogens with zero attached hydrogens (tertiary/aromatic N) is 5. The van der Waals surface area contributed by atoms with Crippen LogP contribution >= 0.6 is 0 Å². The number of nitrogens with one attached hydrogen (secondary N) is 1. The topological polar surface area (TPSA) is 58.3 Å². The van der Waals surface area contributed by atoms with Crippen LogP contribution in [0, 0.1) is 6.92 Å². The van der Waals surface area contributed by atoms with E-state index in [0.29, 0.717) is 24.9 Å². The van der Waals surface area contributed by atoms with Crippen molar-refractivity contribution >= 4 is 17.2 Å². The number of rotatable bonds is 3.